The fourth-order valence-corrected chi connectivity index (χ4v) is 6.19. The molecule has 4 nitrogen and oxygen atoms in total. The summed E-state index contributed by atoms with van der Waals surface area (Å²) in [5.41, 5.74) is 2.64. The largest absolute Gasteiger partial charge is 0.744 e. The van der Waals surface area contributed by atoms with E-state index in [9.17, 15) is 21.8 Å². The third-order valence-electron chi connectivity index (χ3n) is 4.71. The Morgan fingerprint density at radius 3 is 2.17 bits per heavy atom. The Morgan fingerprint density at radius 1 is 1.07 bits per heavy atom. The zero-order valence-corrected chi connectivity index (χ0v) is 19.2. The number of ether oxygens (including phenoxy) is 1. The molecule has 0 unspecified atom stereocenters. The zero-order chi connectivity index (χ0) is 22.3. The van der Waals surface area contributed by atoms with Gasteiger partial charge in [0.2, 0.25) is 0 Å². The van der Waals surface area contributed by atoms with Gasteiger partial charge in [-0.25, -0.2) is 17.2 Å². The van der Waals surface area contributed by atoms with Crippen LogP contribution in [0.4, 0.5) is 8.78 Å². The second kappa shape index (κ2) is 11.1. The van der Waals surface area contributed by atoms with Crippen molar-refractivity contribution in [1.82, 2.24) is 0 Å². The topological polar surface area (TPSA) is 66.4 Å². The minimum absolute atomic E-state index is 0.338. The number of hydrogen-bond donors (Lipinski definition) is 0. The van der Waals surface area contributed by atoms with Gasteiger partial charge in [-0.15, -0.1) is 0 Å². The van der Waals surface area contributed by atoms with Crippen LogP contribution < -0.4 is 4.74 Å². The SMILES string of the molecule is CCCCOc1c(C)cc([S+]2CCCC2)cc1C.O=S(=O)([O-])c1ccc(F)cc1F. The molecule has 0 amide bonds. The molecule has 0 aliphatic carbocycles. The van der Waals surface area contributed by atoms with Crippen molar-refractivity contribution in [3.8, 4) is 5.75 Å². The lowest BCUT2D eigenvalue weighted by molar-refractivity contribution is 0.305. The minimum Gasteiger partial charge on any atom is -0.744 e. The molecular formula is C22H28F2O4S2. The predicted octanol–water partition coefficient (Wildman–Crippen LogP) is 5.12. The van der Waals surface area contributed by atoms with E-state index in [1.54, 1.807) is 4.90 Å². The molecule has 1 aliphatic heterocycles. The summed E-state index contributed by atoms with van der Waals surface area (Å²) in [6.07, 6.45) is 5.16. The summed E-state index contributed by atoms with van der Waals surface area (Å²) >= 11 is 0. The summed E-state index contributed by atoms with van der Waals surface area (Å²) in [6.45, 7) is 7.44. The fraction of sp³-hybridized carbons (Fsp3) is 0.455. The minimum atomic E-state index is -4.84. The zero-order valence-electron chi connectivity index (χ0n) is 17.5. The van der Waals surface area contributed by atoms with E-state index in [1.165, 1.54) is 41.9 Å². The molecule has 0 radical (unpaired) electrons. The van der Waals surface area contributed by atoms with Crippen molar-refractivity contribution in [3.05, 3.63) is 53.1 Å². The van der Waals surface area contributed by atoms with Gasteiger partial charge in [-0.3, -0.25) is 0 Å². The van der Waals surface area contributed by atoms with E-state index in [4.69, 9.17) is 4.74 Å². The van der Waals surface area contributed by atoms with Crippen molar-refractivity contribution in [2.75, 3.05) is 18.1 Å². The molecule has 2 aromatic carbocycles. The van der Waals surface area contributed by atoms with Crippen LogP contribution >= 0.6 is 0 Å². The van der Waals surface area contributed by atoms with Gasteiger partial charge in [0.25, 0.3) is 0 Å². The summed E-state index contributed by atoms with van der Waals surface area (Å²) in [4.78, 5) is 0.522. The van der Waals surface area contributed by atoms with Crippen LogP contribution in [0, 0.1) is 25.5 Å². The molecule has 0 spiro atoms. The van der Waals surface area contributed by atoms with E-state index in [0.717, 1.165) is 18.8 Å². The maximum absolute atomic E-state index is 12.5. The summed E-state index contributed by atoms with van der Waals surface area (Å²) in [7, 11) is -4.32. The molecule has 1 fully saturated rings. The first kappa shape index (κ1) is 24.6. The van der Waals surface area contributed by atoms with E-state index in [0.29, 0.717) is 29.1 Å². The normalized spacial score (nSPS) is 14.3. The van der Waals surface area contributed by atoms with Crippen molar-refractivity contribution < 1.29 is 26.5 Å². The number of benzene rings is 2. The maximum atomic E-state index is 12.5. The molecule has 0 atom stereocenters. The molecule has 1 heterocycles. The smallest absolute Gasteiger partial charge is 0.155 e. The molecule has 30 heavy (non-hydrogen) atoms. The molecule has 0 N–H and O–H groups in total. The van der Waals surface area contributed by atoms with E-state index >= 15 is 0 Å². The van der Waals surface area contributed by atoms with Gasteiger partial charge in [-0.05, 0) is 68.5 Å². The van der Waals surface area contributed by atoms with E-state index in [2.05, 4.69) is 32.9 Å². The van der Waals surface area contributed by atoms with Gasteiger partial charge in [0.15, 0.2) is 4.90 Å². The quantitative estimate of drug-likeness (QED) is 0.342. The van der Waals surface area contributed by atoms with Crippen molar-refractivity contribution in [3.63, 3.8) is 0 Å². The lowest BCUT2D eigenvalue weighted by Gasteiger charge is -2.13. The summed E-state index contributed by atoms with van der Waals surface area (Å²) in [5, 5.41) is 0. The predicted molar refractivity (Wildman–Crippen MR) is 115 cm³/mol. The molecule has 0 aromatic heterocycles. The summed E-state index contributed by atoms with van der Waals surface area (Å²) in [6, 6.07) is 6.36. The molecule has 1 saturated heterocycles. The van der Waals surface area contributed by atoms with Crippen molar-refractivity contribution in [2.24, 2.45) is 0 Å². The Hall–Kier alpha value is -1.64. The molecule has 166 valence electrons. The average Bonchev–Trinajstić information content (AvgIpc) is 3.18. The van der Waals surface area contributed by atoms with Crippen molar-refractivity contribution in [2.45, 2.75) is 56.2 Å². The van der Waals surface area contributed by atoms with Gasteiger partial charge in [0.05, 0.1) is 11.5 Å². The molecule has 3 rings (SSSR count). The van der Waals surface area contributed by atoms with Gasteiger partial charge in [0.1, 0.15) is 39.0 Å². The Labute approximate surface area is 180 Å². The lowest BCUT2D eigenvalue weighted by Crippen LogP contribution is -2.06. The van der Waals surface area contributed by atoms with Crippen LogP contribution in [0.2, 0.25) is 0 Å². The van der Waals surface area contributed by atoms with Crippen LogP contribution in [0.5, 0.6) is 5.75 Å². The second-order valence-electron chi connectivity index (χ2n) is 7.23. The second-order valence-corrected chi connectivity index (χ2v) is 10.8. The van der Waals surface area contributed by atoms with Crippen LogP contribution in [0.3, 0.4) is 0 Å². The van der Waals surface area contributed by atoms with Gasteiger partial charge in [-0.1, -0.05) is 13.3 Å². The standard InChI is InChI=1S/C16H25OS.C6H4F2O3S/c1-4-5-8-17-16-13(2)11-15(12-14(16)3)18-9-6-7-10-18;7-4-1-2-6(5(8)3-4)12(9,10)11/h11-12H,4-10H2,1-3H3;1-3H,(H,9,10,11)/q+1;/p-1. The molecule has 2 aromatic rings. The average molecular weight is 459 g/mol. The number of unbranched alkanes of at least 4 members (excludes halogenated alkanes) is 1. The van der Waals surface area contributed by atoms with E-state index in [-0.39, 0.29) is 0 Å². The van der Waals surface area contributed by atoms with Gasteiger partial charge < -0.3 is 9.29 Å². The number of halogens is 2. The van der Waals surface area contributed by atoms with Gasteiger partial charge >= 0.3 is 0 Å². The van der Waals surface area contributed by atoms with Crippen LogP contribution in [0.15, 0.2) is 40.1 Å². The first-order chi connectivity index (χ1) is 14.1. The maximum Gasteiger partial charge on any atom is 0.155 e. The lowest BCUT2D eigenvalue weighted by atomic mass is 10.1. The van der Waals surface area contributed by atoms with Crippen LogP contribution in [0.1, 0.15) is 43.7 Å². The van der Waals surface area contributed by atoms with Crippen LogP contribution in [-0.2, 0) is 21.0 Å². The molecule has 0 bridgehead atoms. The number of rotatable bonds is 6. The van der Waals surface area contributed by atoms with Gasteiger partial charge in [-0.2, -0.15) is 0 Å². The highest BCUT2D eigenvalue weighted by Gasteiger charge is 2.27. The molecule has 1 aliphatic rings. The highest BCUT2D eigenvalue weighted by molar-refractivity contribution is 7.97. The van der Waals surface area contributed by atoms with E-state index in [1.807, 2.05) is 0 Å². The van der Waals surface area contributed by atoms with Crippen molar-refractivity contribution in [1.29, 1.82) is 0 Å². The summed E-state index contributed by atoms with van der Waals surface area (Å²) < 4.78 is 61.4. The Kier molecular flexibility index (Phi) is 9.12. The third kappa shape index (κ3) is 6.96. The molecule has 0 saturated carbocycles. The van der Waals surface area contributed by atoms with Crippen molar-refractivity contribution >= 4 is 21.0 Å². The monoisotopic (exact) mass is 458 g/mol. The van der Waals surface area contributed by atoms with Crippen LogP contribution in [0.25, 0.3) is 0 Å². The summed E-state index contributed by atoms with van der Waals surface area (Å²) in [5.74, 6) is 1.61. The number of aryl methyl sites for hydroxylation is 2. The first-order valence-corrected chi connectivity index (χ1v) is 12.9. The Bertz CT molecular complexity index is 933. The molecular weight excluding hydrogens is 430 g/mol. The van der Waals surface area contributed by atoms with Gasteiger partial charge in [0, 0.05) is 17.0 Å². The highest BCUT2D eigenvalue weighted by atomic mass is 32.2. The highest BCUT2D eigenvalue weighted by Crippen LogP contribution is 2.31. The third-order valence-corrected chi connectivity index (χ3v) is 8.04. The van der Waals surface area contributed by atoms with Crippen LogP contribution in [-0.4, -0.2) is 31.1 Å². The first-order valence-electron chi connectivity index (χ1n) is 9.96. The Morgan fingerprint density at radius 2 is 1.67 bits per heavy atom. The number of hydrogen-bond acceptors (Lipinski definition) is 4. The fourth-order valence-electron chi connectivity index (χ4n) is 3.19. The molecule has 8 heteroatoms. The Balaban J connectivity index is 0.000000232. The van der Waals surface area contributed by atoms with E-state index < -0.39 is 26.6 Å².